The molecule has 2 aromatic rings. The van der Waals surface area contributed by atoms with Crippen LogP contribution >= 0.6 is 0 Å². The number of hydrogen-bond donors (Lipinski definition) is 3. The van der Waals surface area contributed by atoms with Crippen molar-refractivity contribution in [3.63, 3.8) is 0 Å². The Morgan fingerprint density at radius 1 is 0.964 bits per heavy atom. The molecule has 0 atom stereocenters. The maximum Gasteiger partial charge on any atom is 0.322 e. The number of carbonyl (C=O) groups is 3. The Kier molecular flexibility index (Phi) is 7.56. The Morgan fingerprint density at radius 3 is 2.29 bits per heavy atom. The van der Waals surface area contributed by atoms with Crippen LogP contribution in [0.15, 0.2) is 48.5 Å². The normalized spacial score (nSPS) is 10.4. The first-order valence-electron chi connectivity index (χ1n) is 8.94. The van der Waals surface area contributed by atoms with E-state index in [1.807, 2.05) is 38.1 Å². The highest BCUT2D eigenvalue weighted by molar-refractivity contribution is 5.92. The van der Waals surface area contributed by atoms with Gasteiger partial charge in [0, 0.05) is 5.69 Å². The molecule has 0 fully saturated rings. The van der Waals surface area contributed by atoms with Crippen molar-refractivity contribution in [3.8, 4) is 5.75 Å². The average Bonchev–Trinajstić information content (AvgIpc) is 2.61. The Balaban J connectivity index is 1.87. The van der Waals surface area contributed by atoms with Gasteiger partial charge in [0.2, 0.25) is 11.8 Å². The lowest BCUT2D eigenvalue weighted by Crippen LogP contribution is -2.30. The number of amides is 2. The highest BCUT2D eigenvalue weighted by atomic mass is 16.5. The van der Waals surface area contributed by atoms with E-state index in [4.69, 9.17) is 9.84 Å². The summed E-state index contributed by atoms with van der Waals surface area (Å²) in [7, 11) is 0. The number of benzene rings is 2. The molecule has 0 heterocycles. The summed E-state index contributed by atoms with van der Waals surface area (Å²) >= 11 is 0. The molecule has 2 aromatic carbocycles. The van der Waals surface area contributed by atoms with Crippen LogP contribution in [0.2, 0.25) is 0 Å². The second kappa shape index (κ2) is 10.1. The molecule has 0 aliphatic carbocycles. The first-order valence-corrected chi connectivity index (χ1v) is 8.94. The third kappa shape index (κ3) is 7.49. The van der Waals surface area contributed by atoms with Gasteiger partial charge in [-0.25, -0.2) is 0 Å². The smallest absolute Gasteiger partial charge is 0.322 e. The zero-order valence-corrected chi connectivity index (χ0v) is 15.9. The van der Waals surface area contributed by atoms with E-state index < -0.39 is 12.5 Å². The fourth-order valence-electron chi connectivity index (χ4n) is 2.52. The van der Waals surface area contributed by atoms with Gasteiger partial charge in [0.05, 0.1) is 18.9 Å². The summed E-state index contributed by atoms with van der Waals surface area (Å²) in [6, 6.07) is 14.3. The lowest BCUT2D eigenvalue weighted by atomic mass is 10.1. The van der Waals surface area contributed by atoms with Crippen LogP contribution in [0.1, 0.15) is 25.0 Å². The van der Waals surface area contributed by atoms with E-state index in [-0.39, 0.29) is 30.8 Å². The van der Waals surface area contributed by atoms with Gasteiger partial charge >= 0.3 is 5.97 Å². The van der Waals surface area contributed by atoms with Crippen LogP contribution in [-0.2, 0) is 27.2 Å². The van der Waals surface area contributed by atoms with Crippen LogP contribution in [0.25, 0.3) is 0 Å². The molecule has 0 aliphatic rings. The number of hydrogen-bond acceptors (Lipinski definition) is 4. The summed E-state index contributed by atoms with van der Waals surface area (Å²) in [5.74, 6) is -0.894. The summed E-state index contributed by atoms with van der Waals surface area (Å²) in [5.41, 5.74) is 2.19. The summed E-state index contributed by atoms with van der Waals surface area (Å²) in [6.45, 7) is 3.48. The second-order valence-corrected chi connectivity index (χ2v) is 6.58. The van der Waals surface area contributed by atoms with Gasteiger partial charge < -0.3 is 20.5 Å². The number of rotatable bonds is 9. The van der Waals surface area contributed by atoms with Crippen LogP contribution in [0.3, 0.4) is 0 Å². The molecule has 0 bridgehead atoms. The molecule has 7 heteroatoms. The van der Waals surface area contributed by atoms with Crippen molar-refractivity contribution in [1.82, 2.24) is 5.32 Å². The molecule has 0 aliphatic heterocycles. The van der Waals surface area contributed by atoms with Gasteiger partial charge in [-0.1, -0.05) is 24.3 Å². The van der Waals surface area contributed by atoms with Crippen molar-refractivity contribution in [2.75, 3.05) is 11.9 Å². The SMILES string of the molecule is CC(C)Oc1cccc(CC(=O)Nc2ccc(CC(=O)NCC(=O)O)cc2)c1. The Morgan fingerprint density at radius 2 is 1.64 bits per heavy atom. The van der Waals surface area contributed by atoms with Gasteiger partial charge in [-0.2, -0.15) is 0 Å². The molecule has 3 N–H and O–H groups in total. The number of anilines is 1. The first kappa shape index (κ1) is 21.0. The second-order valence-electron chi connectivity index (χ2n) is 6.58. The molecule has 2 rings (SSSR count). The third-order valence-electron chi connectivity index (χ3n) is 3.67. The van der Waals surface area contributed by atoms with Gasteiger partial charge in [-0.15, -0.1) is 0 Å². The Hall–Kier alpha value is -3.35. The molecule has 148 valence electrons. The summed E-state index contributed by atoms with van der Waals surface area (Å²) < 4.78 is 5.63. The van der Waals surface area contributed by atoms with E-state index in [1.165, 1.54) is 0 Å². The van der Waals surface area contributed by atoms with E-state index in [0.717, 1.165) is 16.9 Å². The molecule has 0 unspecified atom stereocenters. The Bertz CT molecular complexity index is 831. The highest BCUT2D eigenvalue weighted by Crippen LogP contribution is 2.16. The lowest BCUT2D eigenvalue weighted by molar-refractivity contribution is -0.137. The average molecular weight is 384 g/mol. The number of carbonyl (C=O) groups excluding carboxylic acids is 2. The quantitative estimate of drug-likeness (QED) is 0.616. The third-order valence-corrected chi connectivity index (χ3v) is 3.67. The predicted molar refractivity (Wildman–Crippen MR) is 105 cm³/mol. The van der Waals surface area contributed by atoms with Crippen LogP contribution in [0, 0.1) is 0 Å². The molecular weight excluding hydrogens is 360 g/mol. The van der Waals surface area contributed by atoms with Crippen molar-refractivity contribution >= 4 is 23.5 Å². The molecule has 0 saturated heterocycles. The summed E-state index contributed by atoms with van der Waals surface area (Å²) in [4.78, 5) is 34.3. The number of nitrogens with one attached hydrogen (secondary N) is 2. The van der Waals surface area contributed by atoms with Gasteiger partial charge in [-0.05, 0) is 49.2 Å². The van der Waals surface area contributed by atoms with E-state index in [1.54, 1.807) is 24.3 Å². The molecule has 0 saturated carbocycles. The van der Waals surface area contributed by atoms with E-state index >= 15 is 0 Å². The van der Waals surface area contributed by atoms with Crippen LogP contribution in [-0.4, -0.2) is 35.5 Å². The molecule has 0 radical (unpaired) electrons. The minimum atomic E-state index is -1.09. The zero-order valence-electron chi connectivity index (χ0n) is 15.9. The molecule has 7 nitrogen and oxygen atoms in total. The number of carboxylic acids is 1. The van der Waals surface area contributed by atoms with Crippen molar-refractivity contribution in [2.24, 2.45) is 0 Å². The van der Waals surface area contributed by atoms with Gasteiger partial charge in [0.15, 0.2) is 0 Å². The van der Waals surface area contributed by atoms with Gasteiger partial charge in [-0.3, -0.25) is 14.4 Å². The van der Waals surface area contributed by atoms with E-state index in [0.29, 0.717) is 5.69 Å². The van der Waals surface area contributed by atoms with Gasteiger partial charge in [0.1, 0.15) is 12.3 Å². The molecule has 28 heavy (non-hydrogen) atoms. The number of carboxylic acid groups (broad SMARTS) is 1. The van der Waals surface area contributed by atoms with Crippen molar-refractivity contribution in [2.45, 2.75) is 32.8 Å². The van der Waals surface area contributed by atoms with Crippen LogP contribution < -0.4 is 15.4 Å². The fourth-order valence-corrected chi connectivity index (χ4v) is 2.52. The summed E-state index contributed by atoms with van der Waals surface area (Å²) in [5, 5.41) is 13.7. The van der Waals surface area contributed by atoms with Crippen molar-refractivity contribution in [1.29, 1.82) is 0 Å². The maximum atomic E-state index is 12.3. The largest absolute Gasteiger partial charge is 0.491 e. The lowest BCUT2D eigenvalue weighted by Gasteiger charge is -2.11. The maximum absolute atomic E-state index is 12.3. The van der Waals surface area contributed by atoms with Gasteiger partial charge in [0.25, 0.3) is 0 Å². The van der Waals surface area contributed by atoms with Crippen molar-refractivity contribution < 1.29 is 24.2 Å². The first-order chi connectivity index (χ1) is 13.3. The highest BCUT2D eigenvalue weighted by Gasteiger charge is 2.08. The van der Waals surface area contributed by atoms with Crippen LogP contribution in [0.5, 0.6) is 5.75 Å². The standard InChI is InChI=1S/C21H24N2O5/c1-14(2)28-18-5-3-4-16(10-18)12-20(25)23-17-8-6-15(7-9-17)11-19(24)22-13-21(26)27/h3-10,14H,11-13H2,1-2H3,(H,22,24)(H,23,25)(H,26,27). The monoisotopic (exact) mass is 384 g/mol. The topological polar surface area (TPSA) is 105 Å². The van der Waals surface area contributed by atoms with Crippen molar-refractivity contribution in [3.05, 3.63) is 59.7 Å². The fraction of sp³-hybridized carbons (Fsp3) is 0.286. The van der Waals surface area contributed by atoms with E-state index in [2.05, 4.69) is 10.6 Å². The predicted octanol–water partition coefficient (Wildman–Crippen LogP) is 2.40. The minimum Gasteiger partial charge on any atom is -0.491 e. The van der Waals surface area contributed by atoms with Crippen LogP contribution in [0.4, 0.5) is 5.69 Å². The number of aliphatic carboxylic acids is 1. The molecule has 0 spiro atoms. The number of ether oxygens (including phenoxy) is 1. The molecular formula is C21H24N2O5. The molecule has 2 amide bonds. The summed E-state index contributed by atoms with van der Waals surface area (Å²) in [6.07, 6.45) is 0.354. The molecule has 0 aromatic heterocycles. The zero-order chi connectivity index (χ0) is 20.5. The Labute approximate surface area is 163 Å². The van der Waals surface area contributed by atoms with E-state index in [9.17, 15) is 14.4 Å². The minimum absolute atomic E-state index is 0.0637.